The number of aromatic nitrogens is 1. The molecule has 0 unspecified atom stereocenters. The lowest BCUT2D eigenvalue weighted by molar-refractivity contribution is -0.134. The number of rotatable bonds is 10. The number of hydrogen-bond acceptors (Lipinski definition) is 2. The van der Waals surface area contributed by atoms with Gasteiger partial charge >= 0.3 is 0 Å². The van der Waals surface area contributed by atoms with E-state index in [9.17, 15) is 4.79 Å². The number of ether oxygens (including phenoxy) is 1. The molecule has 0 saturated carbocycles. The van der Waals surface area contributed by atoms with Crippen LogP contribution in [0.1, 0.15) is 36.1 Å². The third kappa shape index (κ3) is 5.53. The van der Waals surface area contributed by atoms with Crippen LogP contribution in [0, 0.1) is 0 Å². The highest BCUT2D eigenvalue weighted by Crippen LogP contribution is 2.24. The van der Waals surface area contributed by atoms with E-state index in [0.717, 1.165) is 28.3 Å². The molecule has 0 N–H and O–H groups in total. The van der Waals surface area contributed by atoms with Gasteiger partial charge in [-0.25, -0.2) is 0 Å². The molecule has 0 aliphatic heterocycles. The number of halogens is 1. The first kappa shape index (κ1) is 22.1. The second-order valence-corrected chi connectivity index (χ2v) is 7.75. The number of benzene rings is 2. The predicted molar refractivity (Wildman–Crippen MR) is 122 cm³/mol. The Kier molecular flexibility index (Phi) is 8.12. The first-order valence-corrected chi connectivity index (χ1v) is 10.7. The second kappa shape index (κ2) is 11.0. The summed E-state index contributed by atoms with van der Waals surface area (Å²) in [6.07, 6.45) is 2.79. The molecule has 1 heterocycles. The summed E-state index contributed by atoms with van der Waals surface area (Å²) in [4.78, 5) is 15.4. The van der Waals surface area contributed by atoms with Crippen molar-refractivity contribution in [3.05, 3.63) is 94.8 Å². The standard InChI is InChI=1S/C25H29ClN2O2/c1-3-23(20-10-5-4-6-11-20)25(29)28(16-17-30-2)19-22-13-9-15-27(22)18-21-12-7-8-14-24(21)26/h4-15,23H,3,16-19H2,1-2H3/t23-/m1/s1. The average molecular weight is 425 g/mol. The van der Waals surface area contributed by atoms with Crippen LogP contribution in [-0.2, 0) is 22.6 Å². The Morgan fingerprint density at radius 3 is 2.50 bits per heavy atom. The summed E-state index contributed by atoms with van der Waals surface area (Å²) >= 11 is 6.35. The van der Waals surface area contributed by atoms with Crippen molar-refractivity contribution in [3.8, 4) is 0 Å². The maximum absolute atomic E-state index is 13.5. The molecule has 1 amide bonds. The molecule has 0 bridgehead atoms. The SMILES string of the molecule is CC[C@@H](C(=O)N(CCOC)Cc1cccn1Cc1ccccc1Cl)c1ccccc1. The van der Waals surface area contributed by atoms with Gasteiger partial charge in [0.25, 0.3) is 0 Å². The molecule has 4 nitrogen and oxygen atoms in total. The Labute approximate surface area is 184 Å². The molecule has 3 rings (SSSR count). The van der Waals surface area contributed by atoms with Crippen molar-refractivity contribution in [1.29, 1.82) is 0 Å². The topological polar surface area (TPSA) is 34.5 Å². The molecule has 0 fully saturated rings. The summed E-state index contributed by atoms with van der Waals surface area (Å²) in [7, 11) is 1.66. The van der Waals surface area contributed by atoms with Crippen LogP contribution in [0.3, 0.4) is 0 Å². The van der Waals surface area contributed by atoms with Crippen molar-refractivity contribution >= 4 is 17.5 Å². The number of carbonyl (C=O) groups excluding carboxylic acids is 1. The number of carbonyl (C=O) groups is 1. The zero-order valence-corrected chi connectivity index (χ0v) is 18.4. The summed E-state index contributed by atoms with van der Waals surface area (Å²) in [6.45, 7) is 4.31. The van der Waals surface area contributed by atoms with Crippen molar-refractivity contribution < 1.29 is 9.53 Å². The quantitative estimate of drug-likeness (QED) is 0.439. The maximum Gasteiger partial charge on any atom is 0.230 e. The van der Waals surface area contributed by atoms with Gasteiger partial charge in [-0.2, -0.15) is 0 Å². The van der Waals surface area contributed by atoms with E-state index in [1.807, 2.05) is 71.8 Å². The fourth-order valence-electron chi connectivity index (χ4n) is 3.68. The van der Waals surface area contributed by atoms with Crippen LogP contribution in [0.2, 0.25) is 5.02 Å². The van der Waals surface area contributed by atoms with Gasteiger partial charge in [-0.05, 0) is 35.7 Å². The van der Waals surface area contributed by atoms with Crippen LogP contribution in [-0.4, -0.2) is 35.6 Å². The lowest BCUT2D eigenvalue weighted by Gasteiger charge is -2.28. The molecule has 0 aliphatic carbocycles. The summed E-state index contributed by atoms with van der Waals surface area (Å²) < 4.78 is 7.43. The number of nitrogens with zero attached hydrogens (tertiary/aromatic N) is 2. The van der Waals surface area contributed by atoms with Gasteiger partial charge in [-0.15, -0.1) is 0 Å². The zero-order chi connectivity index (χ0) is 21.3. The minimum Gasteiger partial charge on any atom is -0.383 e. The number of hydrogen-bond donors (Lipinski definition) is 0. The smallest absolute Gasteiger partial charge is 0.230 e. The fraction of sp³-hybridized carbons (Fsp3) is 0.320. The van der Waals surface area contributed by atoms with E-state index in [1.165, 1.54) is 0 Å². The lowest BCUT2D eigenvalue weighted by atomic mass is 9.95. The first-order chi connectivity index (χ1) is 14.6. The minimum absolute atomic E-state index is 0.131. The molecule has 0 aliphatic rings. The van der Waals surface area contributed by atoms with Crippen LogP contribution < -0.4 is 0 Å². The van der Waals surface area contributed by atoms with Gasteiger partial charge in [0, 0.05) is 37.1 Å². The van der Waals surface area contributed by atoms with Crippen LogP contribution in [0.5, 0.6) is 0 Å². The molecule has 1 aromatic heterocycles. The first-order valence-electron chi connectivity index (χ1n) is 10.3. The van der Waals surface area contributed by atoms with Gasteiger partial charge in [0.2, 0.25) is 5.91 Å². The third-order valence-corrected chi connectivity index (χ3v) is 5.73. The van der Waals surface area contributed by atoms with E-state index in [0.29, 0.717) is 26.2 Å². The Hall–Kier alpha value is -2.56. The van der Waals surface area contributed by atoms with Crippen molar-refractivity contribution in [3.63, 3.8) is 0 Å². The Morgan fingerprint density at radius 1 is 1.07 bits per heavy atom. The predicted octanol–water partition coefficient (Wildman–Crippen LogP) is 5.36. The molecular formula is C25H29ClN2O2. The molecule has 1 atom stereocenters. The highest BCUT2D eigenvalue weighted by molar-refractivity contribution is 6.31. The third-order valence-electron chi connectivity index (χ3n) is 5.36. The molecule has 158 valence electrons. The Balaban J connectivity index is 1.81. The van der Waals surface area contributed by atoms with Crippen LogP contribution in [0.15, 0.2) is 72.9 Å². The van der Waals surface area contributed by atoms with Gasteiger partial charge in [0.05, 0.1) is 19.1 Å². The molecule has 0 spiro atoms. The molecular weight excluding hydrogens is 396 g/mol. The number of methoxy groups -OCH3 is 1. The average Bonchev–Trinajstić information content (AvgIpc) is 3.20. The van der Waals surface area contributed by atoms with Gasteiger partial charge in [-0.1, -0.05) is 67.1 Å². The zero-order valence-electron chi connectivity index (χ0n) is 17.6. The lowest BCUT2D eigenvalue weighted by Crippen LogP contribution is -2.37. The van der Waals surface area contributed by atoms with Crippen molar-refractivity contribution in [2.45, 2.75) is 32.4 Å². The Bertz CT molecular complexity index is 939. The van der Waals surface area contributed by atoms with Crippen LogP contribution in [0.25, 0.3) is 0 Å². The van der Waals surface area contributed by atoms with E-state index in [2.05, 4.69) is 17.6 Å². The summed E-state index contributed by atoms with van der Waals surface area (Å²) in [5.74, 6) is -0.0266. The minimum atomic E-state index is -0.157. The summed E-state index contributed by atoms with van der Waals surface area (Å²) in [5, 5.41) is 0.750. The van der Waals surface area contributed by atoms with Gasteiger partial charge < -0.3 is 14.2 Å². The van der Waals surface area contributed by atoms with Crippen molar-refractivity contribution in [2.75, 3.05) is 20.3 Å². The summed E-state index contributed by atoms with van der Waals surface area (Å²) in [5.41, 5.74) is 3.18. The molecule has 2 aromatic carbocycles. The van der Waals surface area contributed by atoms with E-state index in [1.54, 1.807) is 7.11 Å². The second-order valence-electron chi connectivity index (χ2n) is 7.34. The van der Waals surface area contributed by atoms with Crippen molar-refractivity contribution in [2.24, 2.45) is 0 Å². The molecule has 5 heteroatoms. The molecule has 0 saturated heterocycles. The van der Waals surface area contributed by atoms with E-state index in [4.69, 9.17) is 16.3 Å². The largest absolute Gasteiger partial charge is 0.383 e. The highest BCUT2D eigenvalue weighted by Gasteiger charge is 2.25. The maximum atomic E-state index is 13.5. The van der Waals surface area contributed by atoms with Crippen molar-refractivity contribution in [1.82, 2.24) is 9.47 Å². The molecule has 0 radical (unpaired) electrons. The summed E-state index contributed by atoms with van der Waals surface area (Å²) in [6, 6.07) is 21.9. The van der Waals surface area contributed by atoms with Gasteiger partial charge in [0.15, 0.2) is 0 Å². The monoisotopic (exact) mass is 424 g/mol. The van der Waals surface area contributed by atoms with E-state index < -0.39 is 0 Å². The molecule has 30 heavy (non-hydrogen) atoms. The van der Waals surface area contributed by atoms with E-state index >= 15 is 0 Å². The van der Waals surface area contributed by atoms with Gasteiger partial charge in [0.1, 0.15) is 0 Å². The van der Waals surface area contributed by atoms with Gasteiger partial charge in [-0.3, -0.25) is 4.79 Å². The number of amides is 1. The molecule has 3 aromatic rings. The normalized spacial score (nSPS) is 12.0. The van der Waals surface area contributed by atoms with E-state index in [-0.39, 0.29) is 11.8 Å². The fourth-order valence-corrected chi connectivity index (χ4v) is 3.88. The highest BCUT2D eigenvalue weighted by atomic mass is 35.5. The Morgan fingerprint density at radius 2 is 1.80 bits per heavy atom. The van der Waals surface area contributed by atoms with Crippen LogP contribution >= 0.6 is 11.6 Å². The van der Waals surface area contributed by atoms with Crippen LogP contribution in [0.4, 0.5) is 0 Å².